The van der Waals surface area contributed by atoms with Gasteiger partial charge in [-0.2, -0.15) is 0 Å². The van der Waals surface area contributed by atoms with E-state index in [2.05, 4.69) is 4.98 Å². The highest BCUT2D eigenvalue weighted by atomic mass is 16.1. The largest absolute Gasteiger partial charge is 0.361 e. The fourth-order valence-corrected chi connectivity index (χ4v) is 2.67. The maximum absolute atomic E-state index is 11.5. The van der Waals surface area contributed by atoms with Crippen LogP contribution in [0.2, 0.25) is 0 Å². The van der Waals surface area contributed by atoms with Crippen molar-refractivity contribution in [1.29, 1.82) is 0 Å². The molecule has 1 aliphatic carbocycles. The lowest BCUT2D eigenvalue weighted by atomic mass is 9.81. The molecule has 1 heterocycles. The van der Waals surface area contributed by atoms with Crippen molar-refractivity contribution in [2.45, 2.75) is 25.2 Å². The number of carbonyl (C=O) groups excluding carboxylic acids is 2. The lowest BCUT2D eigenvalue weighted by Gasteiger charge is -2.21. The Kier molecular flexibility index (Phi) is 2.32. The van der Waals surface area contributed by atoms with E-state index in [1.807, 2.05) is 30.5 Å². The van der Waals surface area contributed by atoms with Crippen molar-refractivity contribution in [3.8, 4) is 0 Å². The van der Waals surface area contributed by atoms with Crippen LogP contribution in [0, 0.1) is 0 Å². The van der Waals surface area contributed by atoms with Crippen LogP contribution in [0.3, 0.4) is 0 Å². The summed E-state index contributed by atoms with van der Waals surface area (Å²) in [6.07, 6.45) is 3.01. The molecule has 0 saturated heterocycles. The first-order chi connectivity index (χ1) is 8.24. The van der Waals surface area contributed by atoms with E-state index >= 15 is 0 Å². The van der Waals surface area contributed by atoms with Gasteiger partial charge < -0.3 is 4.98 Å². The van der Waals surface area contributed by atoms with Gasteiger partial charge in [0.1, 0.15) is 11.6 Å². The molecule has 0 aliphatic heterocycles. The van der Waals surface area contributed by atoms with E-state index in [9.17, 15) is 9.59 Å². The standard InChI is InChI=1S/C14H13NO2/c16-10-6-9(7-11(17)8-10)12-2-1-3-14-13(12)4-5-15-14/h1-5,9,15H,6-8H2. The smallest absolute Gasteiger partial charge is 0.140 e. The van der Waals surface area contributed by atoms with Gasteiger partial charge >= 0.3 is 0 Å². The monoisotopic (exact) mass is 227 g/mol. The molecule has 0 amide bonds. The van der Waals surface area contributed by atoms with Crippen LogP contribution >= 0.6 is 0 Å². The molecule has 0 atom stereocenters. The Morgan fingerprint density at radius 3 is 2.59 bits per heavy atom. The van der Waals surface area contributed by atoms with E-state index in [1.165, 1.54) is 0 Å². The van der Waals surface area contributed by atoms with E-state index in [-0.39, 0.29) is 23.9 Å². The van der Waals surface area contributed by atoms with Crippen LogP contribution < -0.4 is 0 Å². The lowest BCUT2D eigenvalue weighted by molar-refractivity contribution is -0.130. The number of Topliss-reactive ketones (excluding diaryl/α,β-unsaturated/α-hetero) is 2. The van der Waals surface area contributed by atoms with Crippen molar-refractivity contribution in [1.82, 2.24) is 4.98 Å². The van der Waals surface area contributed by atoms with Gasteiger partial charge in [-0.05, 0) is 23.6 Å². The fourth-order valence-electron chi connectivity index (χ4n) is 2.67. The molecule has 17 heavy (non-hydrogen) atoms. The van der Waals surface area contributed by atoms with Gasteiger partial charge in [0.25, 0.3) is 0 Å². The SMILES string of the molecule is O=C1CC(=O)CC(c2cccc3[nH]ccc23)C1. The normalized spacial score (nSPS) is 17.9. The van der Waals surface area contributed by atoms with E-state index in [0.717, 1.165) is 16.5 Å². The van der Waals surface area contributed by atoms with Crippen LogP contribution in [0.4, 0.5) is 0 Å². The summed E-state index contributed by atoms with van der Waals surface area (Å²) in [5.41, 5.74) is 2.18. The Morgan fingerprint density at radius 1 is 1.06 bits per heavy atom. The Hall–Kier alpha value is -1.90. The molecule has 1 aliphatic rings. The van der Waals surface area contributed by atoms with E-state index in [1.54, 1.807) is 0 Å². The van der Waals surface area contributed by atoms with Gasteiger partial charge in [-0.3, -0.25) is 9.59 Å². The van der Waals surface area contributed by atoms with Gasteiger partial charge in [0, 0.05) is 29.9 Å². The molecular formula is C14H13NO2. The van der Waals surface area contributed by atoms with Crippen LogP contribution in [-0.4, -0.2) is 16.6 Å². The number of rotatable bonds is 1. The van der Waals surface area contributed by atoms with Gasteiger partial charge in [0.05, 0.1) is 6.42 Å². The first kappa shape index (κ1) is 10.3. The number of aromatic amines is 1. The van der Waals surface area contributed by atoms with Gasteiger partial charge in [0.15, 0.2) is 0 Å². The van der Waals surface area contributed by atoms with Crippen LogP contribution in [0.25, 0.3) is 10.9 Å². The molecule has 1 aromatic heterocycles. The van der Waals surface area contributed by atoms with Crippen LogP contribution in [0.15, 0.2) is 30.5 Å². The number of ketones is 2. The topological polar surface area (TPSA) is 49.9 Å². The summed E-state index contributed by atoms with van der Waals surface area (Å²) in [7, 11) is 0. The van der Waals surface area contributed by atoms with E-state index in [0.29, 0.717) is 12.8 Å². The third kappa shape index (κ3) is 1.78. The summed E-state index contributed by atoms with van der Waals surface area (Å²) in [5.74, 6) is 0.195. The number of hydrogen-bond donors (Lipinski definition) is 1. The highest BCUT2D eigenvalue weighted by Crippen LogP contribution is 2.33. The number of aromatic nitrogens is 1. The van der Waals surface area contributed by atoms with Crippen molar-refractivity contribution in [2.75, 3.05) is 0 Å². The fraction of sp³-hybridized carbons (Fsp3) is 0.286. The Bertz CT molecular complexity index is 581. The number of hydrogen-bond acceptors (Lipinski definition) is 2. The Balaban J connectivity index is 2.05. The molecule has 0 spiro atoms. The zero-order chi connectivity index (χ0) is 11.8. The summed E-state index contributed by atoms with van der Waals surface area (Å²) in [6, 6.07) is 8.00. The molecule has 3 rings (SSSR count). The van der Waals surface area contributed by atoms with Crippen LogP contribution in [0.5, 0.6) is 0 Å². The molecule has 1 fully saturated rings. The van der Waals surface area contributed by atoms with E-state index in [4.69, 9.17) is 0 Å². The molecule has 3 heteroatoms. The molecule has 1 saturated carbocycles. The summed E-state index contributed by atoms with van der Waals surface area (Å²) in [5, 5.41) is 1.13. The summed E-state index contributed by atoms with van der Waals surface area (Å²) in [6.45, 7) is 0. The molecule has 0 radical (unpaired) electrons. The predicted molar refractivity (Wildman–Crippen MR) is 64.9 cm³/mol. The van der Waals surface area contributed by atoms with Crippen LogP contribution in [-0.2, 0) is 9.59 Å². The van der Waals surface area contributed by atoms with Crippen molar-refractivity contribution >= 4 is 22.5 Å². The van der Waals surface area contributed by atoms with Crippen molar-refractivity contribution < 1.29 is 9.59 Å². The minimum absolute atomic E-state index is 0.0586. The second-order valence-corrected chi connectivity index (χ2v) is 4.65. The van der Waals surface area contributed by atoms with Gasteiger partial charge in [-0.1, -0.05) is 12.1 Å². The van der Waals surface area contributed by atoms with Gasteiger partial charge in [-0.15, -0.1) is 0 Å². The first-order valence-corrected chi connectivity index (χ1v) is 5.83. The molecular weight excluding hydrogens is 214 g/mol. The maximum atomic E-state index is 11.5. The molecule has 86 valence electrons. The summed E-state index contributed by atoms with van der Waals surface area (Å²) in [4.78, 5) is 26.2. The minimum atomic E-state index is 0.0586. The highest BCUT2D eigenvalue weighted by Gasteiger charge is 2.27. The number of benzene rings is 1. The zero-order valence-corrected chi connectivity index (χ0v) is 9.40. The predicted octanol–water partition coefficient (Wildman–Crippen LogP) is 2.57. The molecule has 2 aromatic rings. The quantitative estimate of drug-likeness (QED) is 0.761. The minimum Gasteiger partial charge on any atom is -0.361 e. The summed E-state index contributed by atoms with van der Waals surface area (Å²) < 4.78 is 0. The lowest BCUT2D eigenvalue weighted by Crippen LogP contribution is -2.21. The number of carbonyl (C=O) groups is 2. The second-order valence-electron chi connectivity index (χ2n) is 4.65. The third-order valence-corrected chi connectivity index (χ3v) is 3.41. The Labute approximate surface area is 98.8 Å². The zero-order valence-electron chi connectivity index (χ0n) is 9.40. The average molecular weight is 227 g/mol. The van der Waals surface area contributed by atoms with Gasteiger partial charge in [-0.25, -0.2) is 0 Å². The van der Waals surface area contributed by atoms with Gasteiger partial charge in [0.2, 0.25) is 0 Å². The average Bonchev–Trinajstić information content (AvgIpc) is 2.75. The number of H-pyrrole nitrogens is 1. The molecule has 1 aromatic carbocycles. The molecule has 3 nitrogen and oxygen atoms in total. The Morgan fingerprint density at radius 2 is 1.82 bits per heavy atom. The number of nitrogens with one attached hydrogen (secondary N) is 1. The highest BCUT2D eigenvalue weighted by molar-refractivity contribution is 6.02. The van der Waals surface area contributed by atoms with Crippen molar-refractivity contribution in [2.24, 2.45) is 0 Å². The summed E-state index contributed by atoms with van der Waals surface area (Å²) >= 11 is 0. The second kappa shape index (κ2) is 3.84. The van der Waals surface area contributed by atoms with E-state index < -0.39 is 0 Å². The number of fused-ring (bicyclic) bond motifs is 1. The maximum Gasteiger partial charge on any atom is 0.140 e. The molecule has 1 N–H and O–H groups in total. The molecule has 0 unspecified atom stereocenters. The molecule has 0 bridgehead atoms. The third-order valence-electron chi connectivity index (χ3n) is 3.41. The van der Waals surface area contributed by atoms with Crippen molar-refractivity contribution in [3.05, 3.63) is 36.0 Å². The first-order valence-electron chi connectivity index (χ1n) is 5.83. The van der Waals surface area contributed by atoms with Crippen molar-refractivity contribution in [3.63, 3.8) is 0 Å². The van der Waals surface area contributed by atoms with Crippen LogP contribution in [0.1, 0.15) is 30.7 Å².